The number of aliphatic imine (C=N–C) groups is 1. The largest absolute Gasteiger partial charge is 0.352 e. The Balaban J connectivity index is 1.90. The molecule has 6 heteroatoms. The summed E-state index contributed by atoms with van der Waals surface area (Å²) < 4.78 is 13.5. The Morgan fingerprint density at radius 3 is 2.55 bits per heavy atom. The third-order valence-corrected chi connectivity index (χ3v) is 4.41. The molecule has 0 radical (unpaired) electrons. The van der Waals surface area contributed by atoms with E-state index in [9.17, 15) is 4.39 Å². The molecule has 0 bridgehead atoms. The number of halogens is 1. The quantitative estimate of drug-likeness (QED) is 0.672. The first kappa shape index (κ1) is 16.4. The monoisotopic (exact) mass is 320 g/mol. The summed E-state index contributed by atoms with van der Waals surface area (Å²) in [4.78, 5) is 9.78. The highest BCUT2D eigenvalue weighted by atomic mass is 32.1. The van der Waals surface area contributed by atoms with Crippen molar-refractivity contribution >= 4 is 17.3 Å². The van der Waals surface area contributed by atoms with Gasteiger partial charge in [0.15, 0.2) is 5.96 Å². The number of benzene rings is 1. The standard InChI is InChI=1S/C16H21FN4S/c1-10-5-6-13(7-14(10)17)8-19-16(18-4)20-9-15-11(2)21-12(3)22-15/h5-7H,8-9H2,1-4H3,(H2,18,19,20). The highest BCUT2D eigenvalue weighted by molar-refractivity contribution is 7.11. The van der Waals surface area contributed by atoms with Gasteiger partial charge in [0.05, 0.1) is 17.2 Å². The molecule has 0 spiro atoms. The van der Waals surface area contributed by atoms with E-state index in [0.717, 1.165) is 16.3 Å². The maximum Gasteiger partial charge on any atom is 0.191 e. The summed E-state index contributed by atoms with van der Waals surface area (Å²) in [6.07, 6.45) is 0. The first-order valence-corrected chi connectivity index (χ1v) is 7.93. The van der Waals surface area contributed by atoms with Gasteiger partial charge in [-0.2, -0.15) is 0 Å². The van der Waals surface area contributed by atoms with Crippen molar-refractivity contribution in [2.45, 2.75) is 33.9 Å². The molecule has 2 aromatic rings. The number of aromatic nitrogens is 1. The molecule has 0 fully saturated rings. The van der Waals surface area contributed by atoms with Crippen molar-refractivity contribution in [1.29, 1.82) is 0 Å². The van der Waals surface area contributed by atoms with E-state index in [4.69, 9.17) is 0 Å². The second-order valence-electron chi connectivity index (χ2n) is 5.10. The second-order valence-corrected chi connectivity index (χ2v) is 6.39. The van der Waals surface area contributed by atoms with E-state index in [1.165, 1.54) is 4.88 Å². The molecule has 2 rings (SSSR count). The van der Waals surface area contributed by atoms with Crippen LogP contribution in [0.3, 0.4) is 0 Å². The van der Waals surface area contributed by atoms with Crippen molar-refractivity contribution < 1.29 is 4.39 Å². The normalized spacial score (nSPS) is 11.6. The van der Waals surface area contributed by atoms with E-state index in [2.05, 4.69) is 20.6 Å². The molecule has 0 aliphatic rings. The maximum atomic E-state index is 13.5. The summed E-state index contributed by atoms with van der Waals surface area (Å²) in [6, 6.07) is 5.24. The fraction of sp³-hybridized carbons (Fsp3) is 0.375. The Hall–Kier alpha value is -1.95. The number of guanidine groups is 1. The third-order valence-electron chi connectivity index (χ3n) is 3.34. The number of hydrogen-bond acceptors (Lipinski definition) is 3. The van der Waals surface area contributed by atoms with Crippen LogP contribution in [0.15, 0.2) is 23.2 Å². The van der Waals surface area contributed by atoms with Gasteiger partial charge in [0, 0.05) is 18.5 Å². The van der Waals surface area contributed by atoms with E-state index in [1.807, 2.05) is 19.9 Å². The summed E-state index contributed by atoms with van der Waals surface area (Å²) >= 11 is 1.68. The SMILES string of the molecule is CN=C(NCc1ccc(C)c(F)c1)NCc1sc(C)nc1C. The van der Waals surface area contributed by atoms with Crippen molar-refractivity contribution in [3.8, 4) is 0 Å². The molecule has 0 aliphatic heterocycles. The van der Waals surface area contributed by atoms with Gasteiger partial charge in [-0.15, -0.1) is 11.3 Å². The predicted molar refractivity (Wildman–Crippen MR) is 89.8 cm³/mol. The minimum Gasteiger partial charge on any atom is -0.352 e. The van der Waals surface area contributed by atoms with Gasteiger partial charge >= 0.3 is 0 Å². The van der Waals surface area contributed by atoms with Crippen molar-refractivity contribution in [1.82, 2.24) is 15.6 Å². The average molecular weight is 320 g/mol. The predicted octanol–water partition coefficient (Wildman–Crippen LogP) is 3.07. The zero-order valence-corrected chi connectivity index (χ0v) is 14.1. The van der Waals surface area contributed by atoms with Crippen LogP contribution in [-0.4, -0.2) is 18.0 Å². The Labute approximate surface area is 134 Å². The van der Waals surface area contributed by atoms with Crippen molar-refractivity contribution in [2.75, 3.05) is 7.05 Å². The topological polar surface area (TPSA) is 49.3 Å². The summed E-state index contributed by atoms with van der Waals surface area (Å²) in [5, 5.41) is 7.50. The number of rotatable bonds is 4. The molecule has 0 saturated heterocycles. The molecule has 1 heterocycles. The van der Waals surface area contributed by atoms with Gasteiger partial charge in [0.1, 0.15) is 5.82 Å². The van der Waals surface area contributed by atoms with E-state index < -0.39 is 0 Å². The molecular weight excluding hydrogens is 299 g/mol. The Morgan fingerprint density at radius 2 is 1.95 bits per heavy atom. The average Bonchev–Trinajstić information content (AvgIpc) is 2.81. The minimum atomic E-state index is -0.182. The molecule has 2 N–H and O–H groups in total. The van der Waals surface area contributed by atoms with Crippen molar-refractivity contribution in [3.63, 3.8) is 0 Å². The van der Waals surface area contributed by atoms with Crippen LogP contribution in [0.5, 0.6) is 0 Å². The van der Waals surface area contributed by atoms with Crippen LogP contribution in [0, 0.1) is 26.6 Å². The van der Waals surface area contributed by atoms with Crippen LogP contribution < -0.4 is 10.6 Å². The lowest BCUT2D eigenvalue weighted by atomic mass is 10.1. The summed E-state index contributed by atoms with van der Waals surface area (Å²) in [7, 11) is 1.72. The molecule has 4 nitrogen and oxygen atoms in total. The molecule has 0 saturated carbocycles. The number of nitrogens with one attached hydrogen (secondary N) is 2. The van der Waals surface area contributed by atoms with Gasteiger partial charge in [-0.1, -0.05) is 12.1 Å². The van der Waals surface area contributed by atoms with E-state index in [0.29, 0.717) is 24.6 Å². The summed E-state index contributed by atoms with van der Waals surface area (Å²) in [5.74, 6) is 0.504. The van der Waals surface area contributed by atoms with Gasteiger partial charge in [0.25, 0.3) is 0 Å². The van der Waals surface area contributed by atoms with Gasteiger partial charge in [-0.25, -0.2) is 9.37 Å². The fourth-order valence-corrected chi connectivity index (χ4v) is 2.93. The summed E-state index contributed by atoms with van der Waals surface area (Å²) in [6.45, 7) is 6.97. The van der Waals surface area contributed by atoms with Crippen LogP contribution >= 0.6 is 11.3 Å². The lowest BCUT2D eigenvalue weighted by Gasteiger charge is -2.12. The van der Waals surface area contributed by atoms with Crippen LogP contribution in [-0.2, 0) is 13.1 Å². The zero-order valence-electron chi connectivity index (χ0n) is 13.3. The van der Waals surface area contributed by atoms with Crippen LogP contribution in [0.4, 0.5) is 4.39 Å². The highest BCUT2D eigenvalue weighted by Gasteiger charge is 2.06. The van der Waals surface area contributed by atoms with E-state index in [1.54, 1.807) is 37.4 Å². The van der Waals surface area contributed by atoms with Crippen LogP contribution in [0.1, 0.15) is 26.7 Å². The first-order chi connectivity index (χ1) is 10.5. The molecule has 0 amide bonds. The summed E-state index contributed by atoms with van der Waals surface area (Å²) in [5.41, 5.74) is 2.59. The number of thiazole rings is 1. The molecule has 118 valence electrons. The van der Waals surface area contributed by atoms with Gasteiger partial charge in [-0.05, 0) is 38.0 Å². The molecular formula is C16H21FN4S. The molecule has 0 unspecified atom stereocenters. The smallest absolute Gasteiger partial charge is 0.191 e. The molecule has 0 aliphatic carbocycles. The van der Waals surface area contributed by atoms with Crippen molar-refractivity contribution in [2.24, 2.45) is 4.99 Å². The minimum absolute atomic E-state index is 0.182. The van der Waals surface area contributed by atoms with Crippen LogP contribution in [0.2, 0.25) is 0 Å². The van der Waals surface area contributed by atoms with E-state index >= 15 is 0 Å². The zero-order chi connectivity index (χ0) is 16.1. The van der Waals surface area contributed by atoms with Gasteiger partial charge in [-0.3, -0.25) is 4.99 Å². The van der Waals surface area contributed by atoms with Crippen molar-refractivity contribution in [3.05, 3.63) is 50.7 Å². The van der Waals surface area contributed by atoms with Gasteiger partial charge in [0.2, 0.25) is 0 Å². The third kappa shape index (κ3) is 4.27. The van der Waals surface area contributed by atoms with Gasteiger partial charge < -0.3 is 10.6 Å². The second kappa shape index (κ2) is 7.35. The Kier molecular flexibility index (Phi) is 5.49. The first-order valence-electron chi connectivity index (χ1n) is 7.12. The molecule has 22 heavy (non-hydrogen) atoms. The number of aryl methyl sites for hydroxylation is 3. The van der Waals surface area contributed by atoms with Crippen LogP contribution in [0.25, 0.3) is 0 Å². The molecule has 1 aromatic heterocycles. The maximum absolute atomic E-state index is 13.5. The number of hydrogen-bond donors (Lipinski definition) is 2. The Morgan fingerprint density at radius 1 is 1.23 bits per heavy atom. The van der Waals surface area contributed by atoms with E-state index in [-0.39, 0.29) is 5.82 Å². The Bertz CT molecular complexity index is 679. The number of nitrogens with zero attached hydrogens (tertiary/aromatic N) is 2. The molecule has 1 aromatic carbocycles. The molecule has 0 atom stereocenters. The fourth-order valence-electron chi connectivity index (χ4n) is 2.05. The lowest BCUT2D eigenvalue weighted by Crippen LogP contribution is -2.36. The lowest BCUT2D eigenvalue weighted by molar-refractivity contribution is 0.615. The highest BCUT2D eigenvalue weighted by Crippen LogP contribution is 2.16.